The van der Waals surface area contributed by atoms with E-state index in [1.807, 2.05) is 12.1 Å². The lowest BCUT2D eigenvalue weighted by atomic mass is 9.74. The van der Waals surface area contributed by atoms with E-state index in [1.54, 1.807) is 5.56 Å². The van der Waals surface area contributed by atoms with Gasteiger partial charge in [-0.25, -0.2) is 0 Å². The van der Waals surface area contributed by atoms with E-state index in [2.05, 4.69) is 74.9 Å². The van der Waals surface area contributed by atoms with Crippen LogP contribution in [0.3, 0.4) is 0 Å². The van der Waals surface area contributed by atoms with E-state index in [4.69, 9.17) is 0 Å². The summed E-state index contributed by atoms with van der Waals surface area (Å²) in [5.74, 6) is 0.361. The summed E-state index contributed by atoms with van der Waals surface area (Å²) in [4.78, 5) is 5.37. The molecular formula is C25H29IN2O. The van der Waals surface area contributed by atoms with Crippen molar-refractivity contribution in [2.75, 3.05) is 26.2 Å². The van der Waals surface area contributed by atoms with Gasteiger partial charge in [0.1, 0.15) is 5.75 Å². The van der Waals surface area contributed by atoms with Crippen LogP contribution in [0.1, 0.15) is 42.4 Å². The van der Waals surface area contributed by atoms with Crippen molar-refractivity contribution in [3.63, 3.8) is 0 Å². The van der Waals surface area contributed by atoms with Gasteiger partial charge in [0, 0.05) is 28.1 Å². The van der Waals surface area contributed by atoms with Gasteiger partial charge >= 0.3 is 0 Å². The lowest BCUT2D eigenvalue weighted by molar-refractivity contribution is 0.0658. The summed E-state index contributed by atoms with van der Waals surface area (Å²) in [6.07, 6.45) is 9.91. The third-order valence-corrected chi connectivity index (χ3v) is 8.20. The maximum absolute atomic E-state index is 9.67. The highest BCUT2D eigenvalue weighted by Crippen LogP contribution is 2.44. The van der Waals surface area contributed by atoms with Gasteiger partial charge in [0.2, 0.25) is 0 Å². The fraction of sp³-hybridized carbons (Fsp3) is 0.440. The number of fused-ring (bicyclic) bond motifs is 2. The Kier molecular flexibility index (Phi) is 5.43. The molecule has 0 radical (unpaired) electrons. The molecule has 2 saturated heterocycles. The van der Waals surface area contributed by atoms with E-state index in [9.17, 15) is 5.11 Å². The molecule has 1 unspecified atom stereocenters. The summed E-state index contributed by atoms with van der Waals surface area (Å²) in [6.45, 7) is 5.74. The van der Waals surface area contributed by atoms with Gasteiger partial charge in [0.15, 0.2) is 0 Å². The molecule has 1 atom stereocenters. The second-order valence-electron chi connectivity index (χ2n) is 8.92. The number of likely N-dealkylation sites (tertiary alicyclic amines) is 2. The Morgan fingerprint density at radius 1 is 1.07 bits per heavy atom. The molecule has 2 fully saturated rings. The monoisotopic (exact) mass is 500 g/mol. The Hall–Kier alpha value is -1.37. The molecule has 5 rings (SSSR count). The third-order valence-electron chi connectivity index (χ3n) is 7.20. The molecule has 3 nitrogen and oxygen atoms in total. The van der Waals surface area contributed by atoms with E-state index in [-0.39, 0.29) is 5.41 Å². The minimum absolute atomic E-state index is 0.281. The molecular weight excluding hydrogens is 471 g/mol. The Balaban J connectivity index is 1.22. The number of phenolic OH excluding ortho intramolecular Hbond substituents is 1. The van der Waals surface area contributed by atoms with Crippen LogP contribution in [-0.2, 0) is 12.0 Å². The predicted molar refractivity (Wildman–Crippen MR) is 127 cm³/mol. The molecule has 0 amide bonds. The van der Waals surface area contributed by atoms with Crippen molar-refractivity contribution in [3.8, 4) is 5.75 Å². The highest BCUT2D eigenvalue weighted by Gasteiger charge is 2.39. The molecule has 2 aromatic rings. The topological polar surface area (TPSA) is 26.7 Å². The highest BCUT2D eigenvalue weighted by atomic mass is 127. The molecule has 152 valence electrons. The summed E-state index contributed by atoms with van der Waals surface area (Å²) in [5, 5.41) is 9.67. The number of nitrogens with zero attached hydrogens (tertiary/aromatic N) is 2. The molecule has 0 saturated carbocycles. The molecule has 2 aliphatic heterocycles. The average molecular weight is 500 g/mol. The zero-order chi connectivity index (χ0) is 19.8. The van der Waals surface area contributed by atoms with Gasteiger partial charge in [-0.2, -0.15) is 0 Å². The smallest absolute Gasteiger partial charge is 0.116 e. The van der Waals surface area contributed by atoms with Gasteiger partial charge in [-0.3, -0.25) is 9.80 Å². The van der Waals surface area contributed by atoms with Crippen LogP contribution in [0, 0.1) is 3.57 Å². The standard InChI is InChI=1S/C25H29IN2O/c26-24-16-22(29)8-7-20(24)17-27-13-3-5-21(18-27)28-14-11-25(12-15-28)10-9-19-4-1-2-6-23(19)25/h1-2,4,6-10,16,21,29H,3,5,11-15,17-18H2. The van der Waals surface area contributed by atoms with Crippen molar-refractivity contribution in [2.45, 2.75) is 43.7 Å². The number of hydrogen-bond acceptors (Lipinski definition) is 3. The first kappa shape index (κ1) is 19.6. The van der Waals surface area contributed by atoms with Crippen LogP contribution in [0.4, 0.5) is 0 Å². The zero-order valence-electron chi connectivity index (χ0n) is 16.9. The number of hydrogen-bond donors (Lipinski definition) is 1. The van der Waals surface area contributed by atoms with E-state index in [1.165, 1.54) is 56.4 Å². The minimum atomic E-state index is 0.281. The van der Waals surface area contributed by atoms with E-state index in [0.717, 1.165) is 16.7 Å². The summed E-state index contributed by atoms with van der Waals surface area (Å²) < 4.78 is 1.16. The van der Waals surface area contributed by atoms with E-state index in [0.29, 0.717) is 11.8 Å². The van der Waals surface area contributed by atoms with Gasteiger partial charge in [0.25, 0.3) is 0 Å². The van der Waals surface area contributed by atoms with Crippen LogP contribution in [0.5, 0.6) is 5.75 Å². The van der Waals surface area contributed by atoms with Crippen LogP contribution in [0.2, 0.25) is 0 Å². The lowest BCUT2D eigenvalue weighted by Crippen LogP contribution is -2.52. The van der Waals surface area contributed by atoms with Crippen molar-refractivity contribution in [2.24, 2.45) is 0 Å². The van der Waals surface area contributed by atoms with Crippen molar-refractivity contribution < 1.29 is 5.11 Å². The first-order chi connectivity index (χ1) is 14.1. The summed E-state index contributed by atoms with van der Waals surface area (Å²) in [5.41, 5.74) is 4.58. The van der Waals surface area contributed by atoms with Crippen LogP contribution in [-0.4, -0.2) is 47.1 Å². The van der Waals surface area contributed by atoms with Gasteiger partial charge < -0.3 is 5.11 Å². The van der Waals surface area contributed by atoms with Crippen LogP contribution in [0.15, 0.2) is 48.5 Å². The van der Waals surface area contributed by atoms with Crippen molar-refractivity contribution in [1.29, 1.82) is 0 Å². The van der Waals surface area contributed by atoms with Crippen molar-refractivity contribution >= 4 is 28.7 Å². The van der Waals surface area contributed by atoms with Gasteiger partial charge in [0.05, 0.1) is 0 Å². The van der Waals surface area contributed by atoms with Crippen molar-refractivity contribution in [3.05, 3.63) is 68.8 Å². The average Bonchev–Trinajstić information content (AvgIpc) is 3.09. The SMILES string of the molecule is Oc1ccc(CN2CCCC(N3CCC4(C=Cc5ccccc54)CC3)C2)c(I)c1. The van der Waals surface area contributed by atoms with Crippen LogP contribution < -0.4 is 0 Å². The summed E-state index contributed by atoms with van der Waals surface area (Å²) >= 11 is 2.35. The molecule has 1 spiro atoms. The number of allylic oxidation sites excluding steroid dienone is 1. The zero-order valence-corrected chi connectivity index (χ0v) is 19.0. The number of rotatable bonds is 3. The lowest BCUT2D eigenvalue weighted by Gasteiger charge is -2.45. The predicted octanol–water partition coefficient (Wildman–Crippen LogP) is 5.02. The van der Waals surface area contributed by atoms with Gasteiger partial charge in [-0.05, 0) is 96.7 Å². The maximum atomic E-state index is 9.67. The molecule has 1 aliphatic carbocycles. The third kappa shape index (κ3) is 3.87. The van der Waals surface area contributed by atoms with Gasteiger partial charge in [-0.15, -0.1) is 0 Å². The Bertz CT molecular complexity index is 917. The normalized spacial score (nSPS) is 24.1. The minimum Gasteiger partial charge on any atom is -0.508 e. The largest absolute Gasteiger partial charge is 0.508 e. The molecule has 3 aliphatic rings. The molecule has 2 heterocycles. The Labute approximate surface area is 187 Å². The van der Waals surface area contributed by atoms with E-state index >= 15 is 0 Å². The fourth-order valence-electron chi connectivity index (χ4n) is 5.54. The summed E-state index contributed by atoms with van der Waals surface area (Å²) in [6, 6.07) is 15.4. The number of phenols is 1. The molecule has 0 bridgehead atoms. The Morgan fingerprint density at radius 2 is 1.90 bits per heavy atom. The van der Waals surface area contributed by atoms with Crippen molar-refractivity contribution in [1.82, 2.24) is 9.80 Å². The number of halogens is 1. The van der Waals surface area contributed by atoms with Gasteiger partial charge in [-0.1, -0.05) is 42.5 Å². The van der Waals surface area contributed by atoms with Crippen LogP contribution in [0.25, 0.3) is 6.08 Å². The second kappa shape index (κ2) is 8.05. The first-order valence-corrected chi connectivity index (χ1v) is 11.9. The maximum Gasteiger partial charge on any atom is 0.116 e. The number of piperidine rings is 2. The Morgan fingerprint density at radius 3 is 2.72 bits per heavy atom. The second-order valence-corrected chi connectivity index (χ2v) is 10.1. The molecule has 1 N–H and O–H groups in total. The first-order valence-electron chi connectivity index (χ1n) is 10.9. The number of aromatic hydroxyl groups is 1. The van der Waals surface area contributed by atoms with Crippen LogP contribution >= 0.6 is 22.6 Å². The molecule has 4 heteroatoms. The number of benzene rings is 2. The summed E-state index contributed by atoms with van der Waals surface area (Å²) in [7, 11) is 0. The quantitative estimate of drug-likeness (QED) is 0.600. The molecule has 0 aromatic heterocycles. The molecule has 29 heavy (non-hydrogen) atoms. The van der Waals surface area contributed by atoms with E-state index < -0.39 is 0 Å². The highest BCUT2D eigenvalue weighted by molar-refractivity contribution is 14.1. The fourth-order valence-corrected chi connectivity index (χ4v) is 6.21. The molecule has 2 aromatic carbocycles.